The monoisotopic (exact) mass is 523 g/mol. The standard InChI is InChI=1S/C25H22ClN5O2S2/c1-18-7-13-22(14-8-18)35(32,33)30(21-11-9-20(26)10-12-21)16-15-23-27-28-25-31(23)29-24(34-25)17-19-5-3-2-4-6-19/h2-14H,15-17H2,1H3. The Bertz CT molecular complexity index is 1550. The molecule has 0 spiro atoms. The third-order valence-corrected chi connectivity index (χ3v) is 8.55. The van der Waals surface area contributed by atoms with Gasteiger partial charge in [0, 0.05) is 24.4 Å². The fourth-order valence-electron chi connectivity index (χ4n) is 3.73. The minimum Gasteiger partial charge on any atom is -0.266 e. The maximum absolute atomic E-state index is 13.6. The van der Waals surface area contributed by atoms with Crippen molar-refractivity contribution in [3.8, 4) is 0 Å². The Morgan fingerprint density at radius 3 is 2.37 bits per heavy atom. The van der Waals surface area contributed by atoms with E-state index in [1.165, 1.54) is 15.6 Å². The van der Waals surface area contributed by atoms with Crippen LogP contribution in [0.1, 0.15) is 22.0 Å². The molecule has 0 aliphatic heterocycles. The van der Waals surface area contributed by atoms with Crippen molar-refractivity contribution in [2.75, 3.05) is 10.8 Å². The molecule has 2 heterocycles. The van der Waals surface area contributed by atoms with Crippen LogP contribution in [-0.4, -0.2) is 34.8 Å². The normalized spacial score (nSPS) is 11.7. The molecule has 0 N–H and O–H groups in total. The van der Waals surface area contributed by atoms with Crippen LogP contribution in [0.15, 0.2) is 83.8 Å². The summed E-state index contributed by atoms with van der Waals surface area (Å²) in [5.74, 6) is 0.605. The van der Waals surface area contributed by atoms with Crippen LogP contribution in [0.4, 0.5) is 5.69 Å². The van der Waals surface area contributed by atoms with Gasteiger partial charge in [-0.1, -0.05) is 71.0 Å². The zero-order valence-electron chi connectivity index (χ0n) is 18.9. The lowest BCUT2D eigenvalue weighted by molar-refractivity contribution is 0.589. The SMILES string of the molecule is Cc1ccc(S(=O)(=O)N(CCc2nnc3sc(Cc4ccccc4)nn23)c2ccc(Cl)cc2)cc1. The summed E-state index contributed by atoms with van der Waals surface area (Å²) in [6, 6.07) is 23.7. The smallest absolute Gasteiger partial charge is 0.264 e. The Labute approximate surface area is 212 Å². The molecule has 35 heavy (non-hydrogen) atoms. The molecule has 178 valence electrons. The molecular formula is C25H22ClN5O2S2. The Balaban J connectivity index is 1.43. The van der Waals surface area contributed by atoms with Crippen LogP contribution in [-0.2, 0) is 22.9 Å². The maximum atomic E-state index is 13.6. The van der Waals surface area contributed by atoms with Gasteiger partial charge in [0.15, 0.2) is 5.82 Å². The van der Waals surface area contributed by atoms with Crippen molar-refractivity contribution in [2.45, 2.75) is 24.7 Å². The van der Waals surface area contributed by atoms with E-state index in [-0.39, 0.29) is 11.4 Å². The summed E-state index contributed by atoms with van der Waals surface area (Å²) in [4.78, 5) is 0.911. The lowest BCUT2D eigenvalue weighted by Gasteiger charge is -2.24. The molecule has 3 aromatic carbocycles. The average molecular weight is 524 g/mol. The second-order valence-corrected chi connectivity index (χ2v) is 11.4. The van der Waals surface area contributed by atoms with Gasteiger partial charge in [0.25, 0.3) is 10.0 Å². The van der Waals surface area contributed by atoms with Gasteiger partial charge in [0.05, 0.1) is 10.6 Å². The first-order valence-electron chi connectivity index (χ1n) is 11.0. The predicted octanol–water partition coefficient (Wildman–Crippen LogP) is 5.18. The predicted molar refractivity (Wildman–Crippen MR) is 139 cm³/mol. The van der Waals surface area contributed by atoms with E-state index < -0.39 is 10.0 Å². The molecule has 0 aliphatic rings. The molecule has 10 heteroatoms. The van der Waals surface area contributed by atoms with Gasteiger partial charge in [-0.3, -0.25) is 4.31 Å². The van der Waals surface area contributed by atoms with E-state index in [1.807, 2.05) is 25.1 Å². The Morgan fingerprint density at radius 1 is 0.943 bits per heavy atom. The summed E-state index contributed by atoms with van der Waals surface area (Å²) in [7, 11) is -3.81. The van der Waals surface area contributed by atoms with E-state index in [2.05, 4.69) is 27.4 Å². The van der Waals surface area contributed by atoms with Gasteiger partial charge in [-0.05, 0) is 48.9 Å². The van der Waals surface area contributed by atoms with E-state index in [0.29, 0.717) is 34.3 Å². The van der Waals surface area contributed by atoms with Crippen molar-refractivity contribution in [2.24, 2.45) is 0 Å². The summed E-state index contributed by atoms with van der Waals surface area (Å²) in [5, 5.41) is 14.7. The van der Waals surface area contributed by atoms with Gasteiger partial charge < -0.3 is 0 Å². The number of aryl methyl sites for hydroxylation is 1. The zero-order valence-corrected chi connectivity index (χ0v) is 21.3. The molecule has 0 radical (unpaired) electrons. The molecule has 0 unspecified atom stereocenters. The molecule has 5 aromatic rings. The lowest BCUT2D eigenvalue weighted by atomic mass is 10.2. The number of rotatable bonds is 8. The molecule has 0 saturated heterocycles. The fraction of sp³-hybridized carbons (Fsp3) is 0.160. The van der Waals surface area contributed by atoms with Crippen LogP contribution in [0, 0.1) is 6.92 Å². The first kappa shape index (κ1) is 23.5. The third-order valence-electron chi connectivity index (χ3n) is 5.56. The van der Waals surface area contributed by atoms with Gasteiger partial charge in [-0.2, -0.15) is 9.61 Å². The summed E-state index contributed by atoms with van der Waals surface area (Å²) in [5.41, 5.74) is 2.68. The highest BCUT2D eigenvalue weighted by Crippen LogP contribution is 2.26. The minimum absolute atomic E-state index is 0.171. The lowest BCUT2D eigenvalue weighted by Crippen LogP contribution is -2.33. The zero-order chi connectivity index (χ0) is 24.4. The van der Waals surface area contributed by atoms with E-state index in [4.69, 9.17) is 11.6 Å². The largest absolute Gasteiger partial charge is 0.266 e. The van der Waals surface area contributed by atoms with Gasteiger partial charge in [-0.15, -0.1) is 10.2 Å². The molecule has 7 nitrogen and oxygen atoms in total. The number of hydrogen-bond donors (Lipinski definition) is 0. The highest BCUT2D eigenvalue weighted by molar-refractivity contribution is 7.92. The molecule has 0 amide bonds. The summed E-state index contributed by atoms with van der Waals surface area (Å²) >= 11 is 7.53. The van der Waals surface area contributed by atoms with Gasteiger partial charge in [-0.25, -0.2) is 8.42 Å². The van der Waals surface area contributed by atoms with Crippen molar-refractivity contribution in [3.63, 3.8) is 0 Å². The number of nitrogens with zero attached hydrogens (tertiary/aromatic N) is 5. The maximum Gasteiger partial charge on any atom is 0.264 e. The summed E-state index contributed by atoms with van der Waals surface area (Å²) < 4.78 is 30.3. The number of fused-ring (bicyclic) bond motifs is 1. The number of halogens is 1. The van der Waals surface area contributed by atoms with Crippen LogP contribution in [0.2, 0.25) is 5.02 Å². The topological polar surface area (TPSA) is 80.5 Å². The van der Waals surface area contributed by atoms with Gasteiger partial charge >= 0.3 is 0 Å². The van der Waals surface area contributed by atoms with Crippen LogP contribution in [0.25, 0.3) is 4.96 Å². The molecule has 0 aliphatic carbocycles. The first-order chi connectivity index (χ1) is 16.9. The molecule has 0 saturated carbocycles. The Hall–Kier alpha value is -3.27. The molecule has 2 aromatic heterocycles. The minimum atomic E-state index is -3.81. The third kappa shape index (κ3) is 5.07. The highest BCUT2D eigenvalue weighted by Gasteiger charge is 2.26. The molecule has 5 rings (SSSR count). The van der Waals surface area contributed by atoms with Gasteiger partial charge in [0.2, 0.25) is 4.96 Å². The second kappa shape index (κ2) is 9.77. The van der Waals surface area contributed by atoms with Crippen LogP contribution in [0.3, 0.4) is 0 Å². The molecular weight excluding hydrogens is 502 g/mol. The van der Waals surface area contributed by atoms with Crippen molar-refractivity contribution in [1.29, 1.82) is 0 Å². The first-order valence-corrected chi connectivity index (χ1v) is 13.6. The van der Waals surface area contributed by atoms with Crippen molar-refractivity contribution in [3.05, 3.63) is 106 Å². The van der Waals surface area contributed by atoms with Crippen LogP contribution >= 0.6 is 22.9 Å². The highest BCUT2D eigenvalue weighted by atomic mass is 35.5. The second-order valence-electron chi connectivity index (χ2n) is 8.09. The van der Waals surface area contributed by atoms with Gasteiger partial charge in [0.1, 0.15) is 5.01 Å². The fourth-order valence-corrected chi connectivity index (χ4v) is 6.21. The number of hydrogen-bond acceptors (Lipinski definition) is 6. The van der Waals surface area contributed by atoms with Crippen LogP contribution < -0.4 is 4.31 Å². The average Bonchev–Trinajstić information content (AvgIpc) is 3.42. The Kier molecular flexibility index (Phi) is 6.55. The van der Waals surface area contributed by atoms with Crippen molar-refractivity contribution >= 4 is 43.6 Å². The van der Waals surface area contributed by atoms with Crippen molar-refractivity contribution < 1.29 is 8.42 Å². The van der Waals surface area contributed by atoms with Crippen LogP contribution in [0.5, 0.6) is 0 Å². The summed E-state index contributed by atoms with van der Waals surface area (Å²) in [6.07, 6.45) is 1.04. The number of sulfonamides is 1. The van der Waals surface area contributed by atoms with Crippen molar-refractivity contribution in [1.82, 2.24) is 19.8 Å². The number of benzene rings is 3. The molecule has 0 atom stereocenters. The van der Waals surface area contributed by atoms with E-state index >= 15 is 0 Å². The van der Waals surface area contributed by atoms with E-state index in [1.54, 1.807) is 53.0 Å². The number of aromatic nitrogens is 4. The Morgan fingerprint density at radius 2 is 1.66 bits per heavy atom. The number of anilines is 1. The summed E-state index contributed by atoms with van der Waals surface area (Å²) in [6.45, 7) is 2.09. The quantitative estimate of drug-likeness (QED) is 0.280. The molecule has 0 bridgehead atoms. The van der Waals surface area contributed by atoms with E-state index in [9.17, 15) is 8.42 Å². The van der Waals surface area contributed by atoms with E-state index in [0.717, 1.165) is 16.1 Å². The molecule has 0 fully saturated rings.